The second-order valence-corrected chi connectivity index (χ2v) is 6.32. The summed E-state index contributed by atoms with van der Waals surface area (Å²) >= 11 is 0. The minimum absolute atomic E-state index is 0.0811. The van der Waals surface area contributed by atoms with Gasteiger partial charge in [-0.2, -0.15) is 0 Å². The minimum Gasteiger partial charge on any atom is -0.476 e. The Balaban J connectivity index is 1.78. The molecule has 2 aliphatic heterocycles. The predicted molar refractivity (Wildman–Crippen MR) is 77.3 cm³/mol. The van der Waals surface area contributed by atoms with Gasteiger partial charge in [0.15, 0.2) is 5.60 Å². The molecule has 1 aliphatic carbocycles. The fourth-order valence-electron chi connectivity index (χ4n) is 3.60. The molecule has 108 valence electrons. The van der Waals surface area contributed by atoms with Crippen LogP contribution in [0.25, 0.3) is 16.5 Å². The lowest BCUT2D eigenvalue weighted by molar-refractivity contribution is 0.0561. The van der Waals surface area contributed by atoms with E-state index >= 15 is 0 Å². The highest BCUT2D eigenvalue weighted by Gasteiger charge is 2.83. The first-order chi connectivity index (χ1) is 10.1. The van der Waals surface area contributed by atoms with Gasteiger partial charge in [0.25, 0.3) is 0 Å². The van der Waals surface area contributed by atoms with Crippen molar-refractivity contribution < 1.29 is 19.0 Å². The molecule has 4 heteroatoms. The van der Waals surface area contributed by atoms with Crippen molar-refractivity contribution in [3.05, 3.63) is 34.6 Å². The molecule has 1 saturated carbocycles. The third kappa shape index (κ3) is 1.24. The molecule has 1 aromatic carbocycles. The van der Waals surface area contributed by atoms with Crippen LogP contribution in [0.1, 0.15) is 29.4 Å². The van der Waals surface area contributed by atoms with Crippen molar-refractivity contribution in [3.63, 3.8) is 0 Å². The van der Waals surface area contributed by atoms with E-state index in [1.165, 1.54) is 5.57 Å². The summed E-state index contributed by atoms with van der Waals surface area (Å²) in [5.41, 5.74) is 4.94. The zero-order chi connectivity index (χ0) is 14.5. The first-order valence-corrected chi connectivity index (χ1v) is 7.27. The van der Waals surface area contributed by atoms with E-state index in [9.17, 15) is 5.11 Å². The molecule has 2 aromatic rings. The minimum atomic E-state index is -0.225. The molecule has 3 aliphatic rings. The van der Waals surface area contributed by atoms with Crippen LogP contribution >= 0.6 is 0 Å². The van der Waals surface area contributed by atoms with Crippen LogP contribution in [0.5, 0.6) is 5.75 Å². The molecule has 1 saturated heterocycles. The zero-order valence-corrected chi connectivity index (χ0v) is 12.2. The van der Waals surface area contributed by atoms with Gasteiger partial charge < -0.3 is 19.0 Å². The number of aliphatic hydroxyl groups is 1. The molecule has 2 unspecified atom stereocenters. The fraction of sp³-hybridized carbons (Fsp3) is 0.412. The van der Waals surface area contributed by atoms with Crippen LogP contribution in [0.2, 0.25) is 0 Å². The number of fused-ring (bicyclic) bond motifs is 5. The second-order valence-electron chi connectivity index (χ2n) is 6.32. The monoisotopic (exact) mass is 284 g/mol. The summed E-state index contributed by atoms with van der Waals surface area (Å²) in [6, 6.07) is 2.11. The van der Waals surface area contributed by atoms with E-state index in [0.717, 1.165) is 33.4 Å². The molecule has 1 spiro atoms. The van der Waals surface area contributed by atoms with Gasteiger partial charge in [-0.25, -0.2) is 0 Å². The summed E-state index contributed by atoms with van der Waals surface area (Å²) in [5.74, 6) is 1.53. The topological polar surface area (TPSA) is 55.1 Å². The lowest BCUT2D eigenvalue weighted by Gasteiger charge is -2.29. The highest BCUT2D eigenvalue weighted by molar-refractivity contribution is 5.92. The third-order valence-corrected chi connectivity index (χ3v) is 5.07. The van der Waals surface area contributed by atoms with Crippen LogP contribution in [-0.4, -0.2) is 22.9 Å². The average Bonchev–Trinajstić information content (AvgIpc) is 3.35. The normalized spacial score (nSPS) is 31.7. The van der Waals surface area contributed by atoms with Gasteiger partial charge in [-0.1, -0.05) is 0 Å². The van der Waals surface area contributed by atoms with Gasteiger partial charge in [0, 0.05) is 22.1 Å². The van der Waals surface area contributed by atoms with E-state index in [4.69, 9.17) is 13.9 Å². The first-order valence-electron chi connectivity index (χ1n) is 7.27. The van der Waals surface area contributed by atoms with Crippen molar-refractivity contribution in [1.29, 1.82) is 0 Å². The molecule has 3 heterocycles. The molecular formula is C17H16O4. The van der Waals surface area contributed by atoms with E-state index in [1.54, 1.807) is 0 Å². The number of hydrogen-bond acceptors (Lipinski definition) is 4. The number of aryl methyl sites for hydroxylation is 2. The number of allylic oxidation sites excluding steroid dienone is 1. The maximum absolute atomic E-state index is 9.41. The first kappa shape index (κ1) is 11.8. The third-order valence-electron chi connectivity index (χ3n) is 5.07. The zero-order valence-electron chi connectivity index (χ0n) is 12.2. The highest BCUT2D eigenvalue weighted by atomic mass is 16.7. The van der Waals surface area contributed by atoms with Gasteiger partial charge in [0.2, 0.25) is 0 Å². The maximum Gasteiger partial charge on any atom is 0.185 e. The van der Waals surface area contributed by atoms with Crippen molar-refractivity contribution in [2.45, 2.75) is 45.2 Å². The van der Waals surface area contributed by atoms with Crippen LogP contribution in [0.4, 0.5) is 0 Å². The fourth-order valence-corrected chi connectivity index (χ4v) is 3.60. The Morgan fingerprint density at radius 2 is 1.95 bits per heavy atom. The largest absolute Gasteiger partial charge is 0.476 e. The Kier molecular flexibility index (Phi) is 1.88. The molecular weight excluding hydrogens is 268 g/mol. The Morgan fingerprint density at radius 3 is 2.57 bits per heavy atom. The molecule has 1 N–H and O–H groups in total. The van der Waals surface area contributed by atoms with Crippen molar-refractivity contribution >= 4 is 16.5 Å². The summed E-state index contributed by atoms with van der Waals surface area (Å²) in [7, 11) is 0. The predicted octanol–water partition coefficient (Wildman–Crippen LogP) is 2.86. The Morgan fingerprint density at radius 1 is 1.19 bits per heavy atom. The van der Waals surface area contributed by atoms with E-state index in [2.05, 4.69) is 19.1 Å². The lowest BCUT2D eigenvalue weighted by atomic mass is 9.94. The average molecular weight is 284 g/mol. The standard InChI is InChI=1S/C17H16O4/c1-7-5-17(15-16(17)20-15)21-14-9(3)13-11(4-10(7)14)8(2)12(6-18)19-13/h4-5,15-16,18H,6H2,1-3H3. The van der Waals surface area contributed by atoms with Crippen LogP contribution in [0, 0.1) is 13.8 Å². The van der Waals surface area contributed by atoms with Gasteiger partial charge in [0.05, 0.1) is 0 Å². The molecule has 5 rings (SSSR count). The van der Waals surface area contributed by atoms with E-state index in [-0.39, 0.29) is 24.4 Å². The van der Waals surface area contributed by atoms with Crippen molar-refractivity contribution in [2.24, 2.45) is 0 Å². The van der Waals surface area contributed by atoms with E-state index in [0.29, 0.717) is 5.76 Å². The maximum atomic E-state index is 9.41. The van der Waals surface area contributed by atoms with Crippen molar-refractivity contribution in [2.75, 3.05) is 0 Å². The van der Waals surface area contributed by atoms with Crippen LogP contribution < -0.4 is 4.74 Å². The molecule has 0 amide bonds. The second kappa shape index (κ2) is 3.34. The van der Waals surface area contributed by atoms with Crippen molar-refractivity contribution in [1.82, 2.24) is 0 Å². The van der Waals surface area contributed by atoms with Gasteiger partial charge in [-0.3, -0.25) is 0 Å². The summed E-state index contributed by atoms with van der Waals surface area (Å²) < 4.78 is 17.5. The number of aliphatic hydroxyl groups excluding tert-OH is 1. The smallest absolute Gasteiger partial charge is 0.185 e. The summed E-state index contributed by atoms with van der Waals surface area (Å²) in [5, 5.41) is 10.5. The van der Waals surface area contributed by atoms with Crippen molar-refractivity contribution in [3.8, 4) is 5.75 Å². The van der Waals surface area contributed by atoms with Gasteiger partial charge in [-0.15, -0.1) is 0 Å². The Bertz CT molecular complexity index is 834. The van der Waals surface area contributed by atoms with Crippen LogP contribution in [0.3, 0.4) is 0 Å². The number of furan rings is 1. The van der Waals surface area contributed by atoms with E-state index < -0.39 is 0 Å². The number of epoxide rings is 1. The molecule has 0 bridgehead atoms. The lowest BCUT2D eigenvalue weighted by Crippen LogP contribution is -2.32. The summed E-state index contributed by atoms with van der Waals surface area (Å²) in [4.78, 5) is 0. The number of benzene rings is 1. The number of ether oxygens (including phenoxy) is 2. The molecule has 4 nitrogen and oxygen atoms in total. The summed E-state index contributed by atoms with van der Waals surface area (Å²) in [6.45, 7) is 6.04. The molecule has 2 atom stereocenters. The molecule has 0 radical (unpaired) electrons. The quantitative estimate of drug-likeness (QED) is 0.818. The Labute approximate surface area is 122 Å². The van der Waals surface area contributed by atoms with Crippen LogP contribution in [-0.2, 0) is 11.3 Å². The number of rotatable bonds is 1. The van der Waals surface area contributed by atoms with Gasteiger partial charge >= 0.3 is 0 Å². The van der Waals surface area contributed by atoms with Gasteiger partial charge in [-0.05, 0) is 38.5 Å². The SMILES string of the molecule is CC1=CC2(Oc3c1cc1c(C)c(CO)oc1c3C)C1OC12. The molecule has 21 heavy (non-hydrogen) atoms. The highest BCUT2D eigenvalue weighted by Crippen LogP contribution is 2.63. The van der Waals surface area contributed by atoms with E-state index in [1.807, 2.05) is 13.8 Å². The number of hydrogen-bond donors (Lipinski definition) is 1. The Hall–Kier alpha value is -1.78. The van der Waals surface area contributed by atoms with Gasteiger partial charge in [0.1, 0.15) is 35.9 Å². The molecule has 2 fully saturated rings. The van der Waals surface area contributed by atoms with Crippen LogP contribution in [0.15, 0.2) is 16.6 Å². The summed E-state index contributed by atoms with van der Waals surface area (Å²) in [6.07, 6.45) is 2.67. The molecule has 1 aromatic heterocycles.